The second kappa shape index (κ2) is 4.57. The summed E-state index contributed by atoms with van der Waals surface area (Å²) < 4.78 is 5.11. The Morgan fingerprint density at radius 1 is 1.40 bits per heavy atom. The van der Waals surface area contributed by atoms with E-state index in [1.165, 1.54) is 7.11 Å². The van der Waals surface area contributed by atoms with Gasteiger partial charge in [-0.25, -0.2) is 4.98 Å². The minimum Gasteiger partial charge on any atom is -0.480 e. The second-order valence-corrected chi connectivity index (χ2v) is 3.85. The molecule has 0 bridgehead atoms. The van der Waals surface area contributed by atoms with Gasteiger partial charge >= 0.3 is 0 Å². The van der Waals surface area contributed by atoms with E-state index in [0.717, 1.165) is 0 Å². The summed E-state index contributed by atoms with van der Waals surface area (Å²) in [4.78, 5) is 8.23. The summed E-state index contributed by atoms with van der Waals surface area (Å²) in [5.41, 5.74) is -0.454. The van der Waals surface area contributed by atoms with Gasteiger partial charge in [0.15, 0.2) is 0 Å². The van der Waals surface area contributed by atoms with E-state index < -0.39 is 5.60 Å². The number of aromatic nitrogens is 2. The van der Waals surface area contributed by atoms with Crippen molar-refractivity contribution >= 4 is 0 Å². The van der Waals surface area contributed by atoms with Crippen molar-refractivity contribution in [3.8, 4) is 5.88 Å². The minimum absolute atomic E-state index is 0.0631. The predicted molar refractivity (Wildman–Crippen MR) is 57.6 cm³/mol. The zero-order valence-corrected chi connectivity index (χ0v) is 9.69. The Hall–Kier alpha value is -1.16. The van der Waals surface area contributed by atoms with Gasteiger partial charge in [0.1, 0.15) is 11.3 Å². The zero-order valence-electron chi connectivity index (χ0n) is 9.69. The van der Waals surface area contributed by atoms with Crippen molar-refractivity contribution in [1.82, 2.24) is 9.97 Å². The molecule has 0 aliphatic carbocycles. The van der Waals surface area contributed by atoms with Crippen LogP contribution in [0.4, 0.5) is 0 Å². The first-order chi connectivity index (χ1) is 7.06. The van der Waals surface area contributed by atoms with Crippen LogP contribution in [0.3, 0.4) is 0 Å². The average Bonchev–Trinajstić information content (AvgIpc) is 2.27. The molecule has 84 valence electrons. The van der Waals surface area contributed by atoms with Crippen molar-refractivity contribution in [1.29, 1.82) is 0 Å². The highest BCUT2D eigenvalue weighted by Gasteiger charge is 2.36. The highest BCUT2D eigenvalue weighted by atomic mass is 16.5. The summed E-state index contributed by atoms with van der Waals surface area (Å²) in [6, 6.07) is 0. The highest BCUT2D eigenvalue weighted by Crippen LogP contribution is 2.35. The Balaban J connectivity index is 3.23. The summed E-state index contributed by atoms with van der Waals surface area (Å²) in [5.74, 6) is 0.462. The molecule has 1 rings (SSSR count). The molecule has 0 saturated heterocycles. The molecule has 1 heterocycles. The topological polar surface area (TPSA) is 55.2 Å². The third kappa shape index (κ3) is 2.09. The third-order valence-electron chi connectivity index (χ3n) is 2.76. The lowest BCUT2D eigenvalue weighted by molar-refractivity contribution is -0.0206. The lowest BCUT2D eigenvalue weighted by Gasteiger charge is -2.30. The van der Waals surface area contributed by atoms with Gasteiger partial charge < -0.3 is 9.84 Å². The van der Waals surface area contributed by atoms with E-state index in [9.17, 15) is 5.11 Å². The summed E-state index contributed by atoms with van der Waals surface area (Å²) in [7, 11) is 1.53. The highest BCUT2D eigenvalue weighted by molar-refractivity contribution is 5.24. The van der Waals surface area contributed by atoms with Crippen molar-refractivity contribution in [3.63, 3.8) is 0 Å². The number of nitrogens with zero attached hydrogens (tertiary/aromatic N) is 2. The van der Waals surface area contributed by atoms with Gasteiger partial charge in [-0.3, -0.25) is 4.98 Å². The molecule has 0 saturated carbocycles. The first-order valence-corrected chi connectivity index (χ1v) is 5.14. The van der Waals surface area contributed by atoms with Gasteiger partial charge in [0.25, 0.3) is 0 Å². The van der Waals surface area contributed by atoms with Crippen molar-refractivity contribution in [2.45, 2.75) is 32.8 Å². The molecule has 15 heavy (non-hydrogen) atoms. The summed E-state index contributed by atoms with van der Waals surface area (Å²) in [6.07, 6.45) is 3.71. The van der Waals surface area contributed by atoms with E-state index in [-0.39, 0.29) is 5.92 Å². The molecule has 0 radical (unpaired) electrons. The largest absolute Gasteiger partial charge is 0.480 e. The maximum absolute atomic E-state index is 10.5. The first-order valence-electron chi connectivity index (χ1n) is 5.14. The second-order valence-electron chi connectivity index (χ2n) is 3.85. The van der Waals surface area contributed by atoms with Crippen LogP contribution in [0.1, 0.15) is 32.9 Å². The Kier molecular flexibility index (Phi) is 3.63. The molecule has 1 aromatic rings. The normalized spacial score (nSPS) is 15.1. The van der Waals surface area contributed by atoms with Crippen LogP contribution in [0.25, 0.3) is 0 Å². The van der Waals surface area contributed by atoms with Gasteiger partial charge in [0, 0.05) is 12.4 Å². The van der Waals surface area contributed by atoms with Gasteiger partial charge in [-0.1, -0.05) is 20.8 Å². The molecule has 0 fully saturated rings. The van der Waals surface area contributed by atoms with E-state index in [0.29, 0.717) is 18.0 Å². The number of methoxy groups -OCH3 is 1. The molecule has 0 aromatic carbocycles. The van der Waals surface area contributed by atoms with E-state index in [1.54, 1.807) is 12.4 Å². The standard InChI is InChI=1S/C11H18N2O2/c1-5-11(14,8(2)3)9-10(15-4)13-7-6-12-9/h6-8,14H,5H2,1-4H3. The van der Waals surface area contributed by atoms with E-state index in [4.69, 9.17) is 4.74 Å². The third-order valence-corrected chi connectivity index (χ3v) is 2.76. The van der Waals surface area contributed by atoms with Crippen LogP contribution in [-0.2, 0) is 5.60 Å². The molecule has 0 amide bonds. The molecule has 0 spiro atoms. The molecule has 4 nitrogen and oxygen atoms in total. The van der Waals surface area contributed by atoms with E-state index in [2.05, 4.69) is 9.97 Å². The molecule has 0 aliphatic heterocycles. The van der Waals surface area contributed by atoms with Crippen molar-refractivity contribution in [2.75, 3.05) is 7.11 Å². The first kappa shape index (κ1) is 11.9. The van der Waals surface area contributed by atoms with Crippen molar-refractivity contribution in [3.05, 3.63) is 18.1 Å². The Labute approximate surface area is 90.3 Å². The van der Waals surface area contributed by atoms with Gasteiger partial charge in [0.2, 0.25) is 5.88 Å². The molecule has 1 unspecified atom stereocenters. The smallest absolute Gasteiger partial charge is 0.238 e. The monoisotopic (exact) mass is 210 g/mol. The Bertz CT molecular complexity index is 328. The van der Waals surface area contributed by atoms with Crippen molar-refractivity contribution < 1.29 is 9.84 Å². The number of hydrogen-bond donors (Lipinski definition) is 1. The lowest BCUT2D eigenvalue weighted by Crippen LogP contribution is -2.33. The van der Waals surface area contributed by atoms with E-state index in [1.807, 2.05) is 20.8 Å². The zero-order chi connectivity index (χ0) is 11.5. The van der Waals surface area contributed by atoms with Crippen LogP contribution in [-0.4, -0.2) is 22.2 Å². The maximum Gasteiger partial charge on any atom is 0.238 e. The molecule has 1 atom stereocenters. The fourth-order valence-electron chi connectivity index (χ4n) is 1.62. The van der Waals surface area contributed by atoms with Gasteiger partial charge in [0.05, 0.1) is 7.11 Å². The molecular formula is C11H18N2O2. The lowest BCUT2D eigenvalue weighted by atomic mass is 9.84. The van der Waals surface area contributed by atoms with Gasteiger partial charge in [-0.2, -0.15) is 0 Å². The van der Waals surface area contributed by atoms with Crippen LogP contribution in [0.5, 0.6) is 5.88 Å². The fraction of sp³-hybridized carbons (Fsp3) is 0.636. The van der Waals surface area contributed by atoms with E-state index >= 15 is 0 Å². The number of ether oxygens (including phenoxy) is 1. The number of hydrogen-bond acceptors (Lipinski definition) is 4. The molecular weight excluding hydrogens is 192 g/mol. The SMILES string of the molecule is CCC(O)(c1nccnc1OC)C(C)C. The van der Waals surface area contributed by atoms with Crippen LogP contribution >= 0.6 is 0 Å². The molecule has 1 aromatic heterocycles. The molecule has 0 aliphatic rings. The number of aliphatic hydroxyl groups is 1. The fourth-order valence-corrected chi connectivity index (χ4v) is 1.62. The molecule has 4 heteroatoms. The predicted octanol–water partition coefficient (Wildman–Crippen LogP) is 1.74. The summed E-state index contributed by atoms with van der Waals surface area (Å²) in [5, 5.41) is 10.5. The van der Waals surface area contributed by atoms with Crippen LogP contribution < -0.4 is 4.74 Å². The minimum atomic E-state index is -0.973. The summed E-state index contributed by atoms with van der Waals surface area (Å²) in [6.45, 7) is 5.84. The Morgan fingerprint density at radius 3 is 2.47 bits per heavy atom. The number of rotatable bonds is 4. The average molecular weight is 210 g/mol. The van der Waals surface area contributed by atoms with Gasteiger partial charge in [-0.15, -0.1) is 0 Å². The van der Waals surface area contributed by atoms with Gasteiger partial charge in [-0.05, 0) is 12.3 Å². The van der Waals surface area contributed by atoms with Crippen LogP contribution in [0, 0.1) is 5.92 Å². The summed E-state index contributed by atoms with van der Waals surface area (Å²) >= 11 is 0. The van der Waals surface area contributed by atoms with Crippen LogP contribution in [0.15, 0.2) is 12.4 Å². The van der Waals surface area contributed by atoms with Crippen LogP contribution in [0.2, 0.25) is 0 Å². The van der Waals surface area contributed by atoms with Crippen molar-refractivity contribution in [2.24, 2.45) is 5.92 Å². The quantitative estimate of drug-likeness (QED) is 0.822. The maximum atomic E-state index is 10.5. The Morgan fingerprint density at radius 2 is 2.00 bits per heavy atom. The molecule has 1 N–H and O–H groups in total.